The number of fused-ring (bicyclic) bond motifs is 1. The maximum atomic E-state index is 13.8. The SMILES string of the molecule is CCCN(C)c1cc2c(cc1F)C(O)C(=O)N2. The zero-order chi connectivity index (χ0) is 12.6. The smallest absolute Gasteiger partial charge is 0.257 e. The molecule has 0 saturated carbocycles. The van der Waals surface area contributed by atoms with Crippen molar-refractivity contribution in [3.63, 3.8) is 0 Å². The number of carbonyl (C=O) groups excluding carboxylic acids is 1. The van der Waals surface area contributed by atoms with Crippen LogP contribution in [0.5, 0.6) is 0 Å². The van der Waals surface area contributed by atoms with Crippen molar-refractivity contribution in [2.24, 2.45) is 0 Å². The second-order valence-corrected chi connectivity index (χ2v) is 4.20. The maximum absolute atomic E-state index is 13.8. The zero-order valence-corrected chi connectivity index (χ0v) is 9.83. The van der Waals surface area contributed by atoms with Crippen molar-refractivity contribution in [2.75, 3.05) is 23.8 Å². The fraction of sp³-hybridized carbons (Fsp3) is 0.417. The lowest BCUT2D eigenvalue weighted by molar-refractivity contribution is -0.123. The van der Waals surface area contributed by atoms with Gasteiger partial charge in [-0.15, -0.1) is 0 Å². The highest BCUT2D eigenvalue weighted by atomic mass is 19.1. The van der Waals surface area contributed by atoms with Gasteiger partial charge in [-0.05, 0) is 18.6 Å². The molecule has 0 bridgehead atoms. The number of nitrogens with one attached hydrogen (secondary N) is 1. The highest BCUT2D eigenvalue weighted by molar-refractivity contribution is 6.02. The van der Waals surface area contributed by atoms with Gasteiger partial charge in [-0.25, -0.2) is 4.39 Å². The van der Waals surface area contributed by atoms with Gasteiger partial charge in [0.2, 0.25) is 0 Å². The third-order valence-electron chi connectivity index (χ3n) is 2.89. The second-order valence-electron chi connectivity index (χ2n) is 4.20. The van der Waals surface area contributed by atoms with Crippen molar-refractivity contribution in [3.8, 4) is 0 Å². The molecule has 1 unspecified atom stereocenters. The molecule has 1 heterocycles. The summed E-state index contributed by atoms with van der Waals surface area (Å²) in [5.41, 5.74) is 1.23. The molecule has 2 N–H and O–H groups in total. The summed E-state index contributed by atoms with van der Waals surface area (Å²) in [6.07, 6.45) is -0.354. The number of hydrogen-bond donors (Lipinski definition) is 2. The maximum Gasteiger partial charge on any atom is 0.257 e. The monoisotopic (exact) mass is 238 g/mol. The molecule has 5 heteroatoms. The molecule has 1 aromatic rings. The number of anilines is 2. The van der Waals surface area contributed by atoms with Gasteiger partial charge in [0, 0.05) is 24.8 Å². The molecule has 1 atom stereocenters. The number of halogens is 1. The van der Waals surface area contributed by atoms with Crippen molar-refractivity contribution in [1.82, 2.24) is 0 Å². The molecule has 2 rings (SSSR count). The molecule has 0 fully saturated rings. The van der Waals surface area contributed by atoms with Crippen LogP contribution in [-0.4, -0.2) is 24.6 Å². The summed E-state index contributed by atoms with van der Waals surface area (Å²) in [5.74, 6) is -0.926. The number of carbonyl (C=O) groups is 1. The first-order chi connectivity index (χ1) is 8.04. The van der Waals surface area contributed by atoms with Gasteiger partial charge in [-0.2, -0.15) is 0 Å². The molecule has 0 aliphatic carbocycles. The minimum Gasteiger partial charge on any atom is -0.378 e. The molecule has 1 aromatic carbocycles. The lowest BCUT2D eigenvalue weighted by Gasteiger charge is -2.20. The fourth-order valence-corrected chi connectivity index (χ4v) is 2.00. The highest BCUT2D eigenvalue weighted by Gasteiger charge is 2.30. The Hall–Kier alpha value is -1.62. The van der Waals surface area contributed by atoms with Gasteiger partial charge in [0.15, 0.2) is 6.10 Å². The summed E-state index contributed by atoms with van der Waals surface area (Å²) in [6, 6.07) is 2.79. The van der Waals surface area contributed by atoms with E-state index >= 15 is 0 Å². The van der Waals surface area contributed by atoms with Gasteiger partial charge in [-0.1, -0.05) is 6.92 Å². The van der Waals surface area contributed by atoms with Gasteiger partial charge < -0.3 is 15.3 Å². The van der Waals surface area contributed by atoms with E-state index in [4.69, 9.17) is 0 Å². The van der Waals surface area contributed by atoms with Gasteiger partial charge in [0.1, 0.15) is 5.82 Å². The molecule has 0 aromatic heterocycles. The number of benzene rings is 1. The van der Waals surface area contributed by atoms with E-state index in [0.29, 0.717) is 16.9 Å². The third kappa shape index (κ3) is 1.98. The van der Waals surface area contributed by atoms with Gasteiger partial charge in [-0.3, -0.25) is 4.79 Å². The van der Waals surface area contributed by atoms with Crippen LogP contribution in [0.3, 0.4) is 0 Å². The number of nitrogens with zero attached hydrogens (tertiary/aromatic N) is 1. The molecular weight excluding hydrogens is 223 g/mol. The Labute approximate surface area is 99.0 Å². The summed E-state index contributed by atoms with van der Waals surface area (Å²) in [7, 11) is 1.79. The fourth-order valence-electron chi connectivity index (χ4n) is 2.00. The number of aliphatic hydroxyl groups excluding tert-OH is 1. The average molecular weight is 238 g/mol. The Morgan fingerprint density at radius 2 is 2.24 bits per heavy atom. The first kappa shape index (κ1) is 11.9. The molecule has 1 amide bonds. The van der Waals surface area contributed by atoms with Crippen molar-refractivity contribution in [3.05, 3.63) is 23.5 Å². The molecule has 1 aliphatic rings. The molecular formula is C12H15FN2O2. The topological polar surface area (TPSA) is 52.6 Å². The summed E-state index contributed by atoms with van der Waals surface area (Å²) < 4.78 is 13.8. The minimum atomic E-state index is -1.26. The Morgan fingerprint density at radius 3 is 2.88 bits per heavy atom. The molecule has 92 valence electrons. The van der Waals surface area contributed by atoms with Crippen LogP contribution < -0.4 is 10.2 Å². The van der Waals surface area contributed by atoms with E-state index in [-0.39, 0.29) is 0 Å². The van der Waals surface area contributed by atoms with Gasteiger partial charge >= 0.3 is 0 Å². The van der Waals surface area contributed by atoms with Crippen LogP contribution in [0.1, 0.15) is 25.0 Å². The van der Waals surface area contributed by atoms with E-state index in [9.17, 15) is 14.3 Å². The molecule has 0 saturated heterocycles. The van der Waals surface area contributed by atoms with Gasteiger partial charge in [0.25, 0.3) is 5.91 Å². The zero-order valence-electron chi connectivity index (χ0n) is 9.83. The van der Waals surface area contributed by atoms with Crippen LogP contribution in [0.15, 0.2) is 12.1 Å². The largest absolute Gasteiger partial charge is 0.378 e. The van der Waals surface area contributed by atoms with E-state index < -0.39 is 17.8 Å². The Balaban J connectivity index is 2.39. The quantitative estimate of drug-likeness (QED) is 0.842. The average Bonchev–Trinajstić information content (AvgIpc) is 2.55. The Morgan fingerprint density at radius 1 is 1.53 bits per heavy atom. The van der Waals surface area contributed by atoms with E-state index in [1.54, 1.807) is 18.0 Å². The summed E-state index contributed by atoms with van der Waals surface area (Å²) >= 11 is 0. The van der Waals surface area contributed by atoms with Crippen LogP contribution in [0.25, 0.3) is 0 Å². The first-order valence-electron chi connectivity index (χ1n) is 5.58. The first-order valence-corrected chi connectivity index (χ1v) is 5.58. The van der Waals surface area contributed by atoms with Crippen molar-refractivity contribution < 1.29 is 14.3 Å². The highest BCUT2D eigenvalue weighted by Crippen LogP contribution is 2.35. The number of rotatable bonds is 3. The van der Waals surface area contributed by atoms with Gasteiger partial charge in [0.05, 0.1) is 5.69 Å². The van der Waals surface area contributed by atoms with Crippen molar-refractivity contribution in [1.29, 1.82) is 0 Å². The van der Waals surface area contributed by atoms with Crippen LogP contribution in [-0.2, 0) is 4.79 Å². The third-order valence-corrected chi connectivity index (χ3v) is 2.89. The van der Waals surface area contributed by atoms with E-state index in [2.05, 4.69) is 5.32 Å². The molecule has 1 aliphatic heterocycles. The summed E-state index contributed by atoms with van der Waals surface area (Å²) in [5, 5.41) is 12.0. The van der Waals surface area contributed by atoms with Crippen LogP contribution in [0, 0.1) is 5.82 Å². The lowest BCUT2D eigenvalue weighted by atomic mass is 10.1. The number of aliphatic hydroxyl groups is 1. The van der Waals surface area contributed by atoms with E-state index in [1.807, 2.05) is 6.92 Å². The van der Waals surface area contributed by atoms with E-state index in [1.165, 1.54) is 6.07 Å². The summed E-state index contributed by atoms with van der Waals surface area (Å²) in [4.78, 5) is 13.0. The van der Waals surface area contributed by atoms with Crippen molar-refractivity contribution >= 4 is 17.3 Å². The second kappa shape index (κ2) is 4.33. The lowest BCUT2D eigenvalue weighted by Crippen LogP contribution is -2.19. The molecule has 0 radical (unpaired) electrons. The normalized spacial score (nSPS) is 17.9. The molecule has 17 heavy (non-hydrogen) atoms. The predicted molar refractivity (Wildman–Crippen MR) is 63.6 cm³/mol. The van der Waals surface area contributed by atoms with Crippen LogP contribution >= 0.6 is 0 Å². The molecule has 0 spiro atoms. The van der Waals surface area contributed by atoms with E-state index in [0.717, 1.165) is 13.0 Å². The van der Waals surface area contributed by atoms with Crippen molar-refractivity contribution in [2.45, 2.75) is 19.4 Å². The Kier molecular flexibility index (Phi) is 3.02. The number of amides is 1. The molecule has 4 nitrogen and oxygen atoms in total. The van der Waals surface area contributed by atoms with Crippen LogP contribution in [0.4, 0.5) is 15.8 Å². The standard InChI is InChI=1S/C12H15FN2O2/c1-3-4-15(2)10-6-9-7(5-8(10)13)11(16)12(17)14-9/h5-6,11,16H,3-4H2,1-2H3,(H,14,17). The minimum absolute atomic E-state index is 0.307. The van der Waals surface area contributed by atoms with Crippen LogP contribution in [0.2, 0.25) is 0 Å². The predicted octanol–water partition coefficient (Wildman–Crippen LogP) is 1.66. The Bertz CT molecular complexity index is 462. The summed E-state index contributed by atoms with van der Waals surface area (Å²) in [6.45, 7) is 2.74. The number of hydrogen-bond acceptors (Lipinski definition) is 3.